The zero-order valence-electron chi connectivity index (χ0n) is 16.6. The Bertz CT molecular complexity index is 711. The lowest BCUT2D eigenvalue weighted by Gasteiger charge is -2.19. The highest BCUT2D eigenvalue weighted by Gasteiger charge is 2.32. The molecule has 2 atom stereocenters. The number of carbonyl (C=O) groups excluding carboxylic acids is 1. The van der Waals surface area contributed by atoms with E-state index >= 15 is 0 Å². The van der Waals surface area contributed by atoms with Gasteiger partial charge in [0, 0.05) is 44.4 Å². The molecule has 1 aliphatic rings. The molecule has 0 aliphatic carbocycles. The minimum Gasteiger partial charge on any atom is -0.513 e. The third kappa shape index (κ3) is 6.87. The summed E-state index contributed by atoms with van der Waals surface area (Å²) in [6.07, 6.45) is 6.27. The summed E-state index contributed by atoms with van der Waals surface area (Å²) in [5, 5.41) is 25.8. The normalized spacial score (nSPS) is 19.5. The van der Waals surface area contributed by atoms with Gasteiger partial charge in [0.25, 0.3) is 0 Å². The number of ketones is 1. The molecule has 7 nitrogen and oxygen atoms in total. The third-order valence-corrected chi connectivity index (χ3v) is 4.66. The Morgan fingerprint density at radius 1 is 1.36 bits per heavy atom. The Labute approximate surface area is 167 Å². The number of pyridine rings is 1. The fourth-order valence-corrected chi connectivity index (χ4v) is 3.34. The SMILES string of the molecule is C=C(O)C[C@H]1C=CC[C@H](CC(=O)Cc2cnc(CNC)c(CNC)c2)B(O)O1. The van der Waals surface area contributed by atoms with Crippen LogP contribution in [0.4, 0.5) is 0 Å². The van der Waals surface area contributed by atoms with E-state index in [4.69, 9.17) is 4.65 Å². The Balaban J connectivity index is 1.97. The number of aromatic nitrogens is 1. The van der Waals surface area contributed by atoms with E-state index in [1.807, 2.05) is 26.2 Å². The maximum atomic E-state index is 12.6. The number of aliphatic hydroxyl groups excluding tert-OH is 1. The maximum Gasteiger partial charge on any atom is 0.458 e. The van der Waals surface area contributed by atoms with Gasteiger partial charge in [-0.05, 0) is 31.6 Å². The van der Waals surface area contributed by atoms with E-state index in [1.54, 1.807) is 12.3 Å². The number of hydrogen-bond acceptors (Lipinski definition) is 7. The first kappa shape index (κ1) is 22.3. The van der Waals surface area contributed by atoms with Crippen LogP contribution in [-0.4, -0.2) is 48.2 Å². The quantitative estimate of drug-likeness (QED) is 0.275. The maximum absolute atomic E-state index is 12.6. The van der Waals surface area contributed by atoms with Crippen LogP contribution in [0.3, 0.4) is 0 Å². The molecule has 0 amide bonds. The summed E-state index contributed by atoms with van der Waals surface area (Å²) in [4.78, 5) is 17.1. The van der Waals surface area contributed by atoms with Crippen LogP contribution in [0.1, 0.15) is 36.1 Å². The summed E-state index contributed by atoms with van der Waals surface area (Å²) >= 11 is 0. The van der Waals surface area contributed by atoms with E-state index in [1.165, 1.54) is 0 Å². The van der Waals surface area contributed by atoms with Crippen LogP contribution >= 0.6 is 0 Å². The van der Waals surface area contributed by atoms with Crippen molar-refractivity contribution >= 4 is 12.9 Å². The number of nitrogens with zero attached hydrogens (tertiary/aromatic N) is 1. The monoisotopic (exact) mass is 387 g/mol. The topological polar surface area (TPSA) is 104 Å². The number of allylic oxidation sites excluding steroid dienone is 1. The van der Waals surface area contributed by atoms with Crippen molar-refractivity contribution in [2.24, 2.45) is 0 Å². The van der Waals surface area contributed by atoms with Crippen molar-refractivity contribution in [1.29, 1.82) is 0 Å². The number of hydrogen-bond donors (Lipinski definition) is 4. The highest BCUT2D eigenvalue weighted by molar-refractivity contribution is 6.45. The molecule has 0 radical (unpaired) electrons. The van der Waals surface area contributed by atoms with Crippen LogP contribution in [0.2, 0.25) is 5.82 Å². The fraction of sp³-hybridized carbons (Fsp3) is 0.500. The molecule has 0 saturated heterocycles. The van der Waals surface area contributed by atoms with Gasteiger partial charge in [-0.1, -0.05) is 24.8 Å². The molecule has 0 spiro atoms. The molecule has 8 heteroatoms. The molecule has 0 unspecified atom stereocenters. The summed E-state index contributed by atoms with van der Waals surface area (Å²) in [6.45, 7) is 4.80. The first-order chi connectivity index (χ1) is 13.4. The van der Waals surface area contributed by atoms with Crippen LogP contribution < -0.4 is 10.6 Å². The lowest BCUT2D eigenvalue weighted by Crippen LogP contribution is -2.30. The summed E-state index contributed by atoms with van der Waals surface area (Å²) in [5.41, 5.74) is 2.89. The van der Waals surface area contributed by atoms with E-state index in [2.05, 4.69) is 22.2 Å². The minimum absolute atomic E-state index is 0.00275. The van der Waals surface area contributed by atoms with Gasteiger partial charge in [-0.15, -0.1) is 0 Å². The van der Waals surface area contributed by atoms with Crippen LogP contribution in [0.25, 0.3) is 0 Å². The molecule has 1 aliphatic heterocycles. The zero-order chi connectivity index (χ0) is 20.5. The summed E-state index contributed by atoms with van der Waals surface area (Å²) in [6, 6.07) is 2.01. The van der Waals surface area contributed by atoms with Crippen molar-refractivity contribution in [2.45, 2.75) is 50.7 Å². The highest BCUT2D eigenvalue weighted by Crippen LogP contribution is 2.27. The van der Waals surface area contributed by atoms with Crippen molar-refractivity contribution in [3.8, 4) is 0 Å². The van der Waals surface area contributed by atoms with Crippen molar-refractivity contribution < 1.29 is 19.6 Å². The lowest BCUT2D eigenvalue weighted by atomic mass is 9.67. The number of rotatable bonds is 10. The standard InChI is InChI=1S/C20H30BN3O4/c1-14(25)7-19-6-4-5-17(21(27)28-19)10-18(26)9-15-8-16(12-22-2)20(13-23-3)24-11-15/h4,6,8,11,17,19,22-23,25,27H,1,5,7,9-10,12-13H2,2-3H3/t17-,19-/m1/s1. The van der Waals surface area contributed by atoms with Gasteiger partial charge in [0.1, 0.15) is 5.78 Å². The number of aliphatic hydroxyl groups is 1. The van der Waals surface area contributed by atoms with Gasteiger partial charge in [-0.3, -0.25) is 9.78 Å². The highest BCUT2D eigenvalue weighted by atomic mass is 16.5. The Hall–Kier alpha value is -2.00. The zero-order valence-corrected chi connectivity index (χ0v) is 16.6. The second kappa shape index (κ2) is 11.1. The van der Waals surface area contributed by atoms with Gasteiger partial charge in [0.05, 0.1) is 17.6 Å². The van der Waals surface area contributed by atoms with Gasteiger partial charge < -0.3 is 25.4 Å². The van der Waals surface area contributed by atoms with E-state index in [0.717, 1.165) is 16.8 Å². The van der Waals surface area contributed by atoms with Crippen molar-refractivity contribution in [3.63, 3.8) is 0 Å². The second-order valence-electron chi connectivity index (χ2n) is 7.19. The lowest BCUT2D eigenvalue weighted by molar-refractivity contribution is -0.118. The molecule has 2 heterocycles. The summed E-state index contributed by atoms with van der Waals surface area (Å²) in [5.74, 6) is -0.276. The van der Waals surface area contributed by atoms with Gasteiger partial charge in [0.15, 0.2) is 0 Å². The molecule has 0 fully saturated rings. The van der Waals surface area contributed by atoms with Gasteiger partial charge in [-0.25, -0.2) is 0 Å². The molecule has 0 bridgehead atoms. The van der Waals surface area contributed by atoms with Crippen molar-refractivity contribution in [1.82, 2.24) is 15.6 Å². The summed E-state index contributed by atoms with van der Waals surface area (Å²) in [7, 11) is 2.69. The molecule has 152 valence electrons. The van der Waals surface area contributed by atoms with Gasteiger partial charge in [0.2, 0.25) is 0 Å². The van der Waals surface area contributed by atoms with Crippen LogP contribution in [-0.2, 0) is 29.0 Å². The molecule has 1 aromatic rings. The second-order valence-corrected chi connectivity index (χ2v) is 7.19. The Morgan fingerprint density at radius 2 is 2.11 bits per heavy atom. The fourth-order valence-electron chi connectivity index (χ4n) is 3.34. The average molecular weight is 387 g/mol. The molecule has 4 N–H and O–H groups in total. The smallest absolute Gasteiger partial charge is 0.458 e. The van der Waals surface area contributed by atoms with Gasteiger partial charge in [-0.2, -0.15) is 0 Å². The molecule has 2 rings (SSSR count). The Kier molecular flexibility index (Phi) is 8.85. The first-order valence-electron chi connectivity index (χ1n) is 9.57. The molecule has 28 heavy (non-hydrogen) atoms. The minimum atomic E-state index is -1.06. The largest absolute Gasteiger partial charge is 0.513 e. The predicted octanol–water partition coefficient (Wildman–Crippen LogP) is 1.68. The predicted molar refractivity (Wildman–Crippen MR) is 110 cm³/mol. The van der Waals surface area contributed by atoms with E-state index in [0.29, 0.717) is 19.5 Å². The molecular weight excluding hydrogens is 357 g/mol. The van der Waals surface area contributed by atoms with Crippen molar-refractivity contribution in [2.75, 3.05) is 14.1 Å². The third-order valence-electron chi connectivity index (χ3n) is 4.66. The first-order valence-corrected chi connectivity index (χ1v) is 9.57. The molecular formula is C20H30BN3O4. The van der Waals surface area contributed by atoms with Crippen LogP contribution in [0.15, 0.2) is 36.8 Å². The van der Waals surface area contributed by atoms with Crippen molar-refractivity contribution in [3.05, 3.63) is 53.6 Å². The number of carbonyl (C=O) groups is 1. The molecule has 0 saturated carbocycles. The average Bonchev–Trinajstić information content (AvgIpc) is 2.78. The molecule has 0 aromatic carbocycles. The number of Topliss-reactive ketones (excluding diaryl/α,β-unsaturated/α-hetero) is 1. The van der Waals surface area contributed by atoms with E-state index in [9.17, 15) is 14.9 Å². The number of nitrogens with one attached hydrogen (secondary N) is 2. The van der Waals surface area contributed by atoms with E-state index < -0.39 is 13.2 Å². The van der Waals surface area contributed by atoms with Gasteiger partial charge >= 0.3 is 7.12 Å². The van der Waals surface area contributed by atoms with Crippen LogP contribution in [0, 0.1) is 0 Å². The van der Waals surface area contributed by atoms with E-state index in [-0.39, 0.29) is 36.6 Å². The van der Waals surface area contributed by atoms with Crippen LogP contribution in [0.5, 0.6) is 0 Å². The molecule has 1 aromatic heterocycles. The summed E-state index contributed by atoms with van der Waals surface area (Å²) < 4.78 is 5.55. The Morgan fingerprint density at radius 3 is 2.79 bits per heavy atom.